The van der Waals surface area contributed by atoms with Crippen LogP contribution in [-0.4, -0.2) is 63.0 Å². The van der Waals surface area contributed by atoms with E-state index in [2.05, 4.69) is 16.0 Å². The van der Waals surface area contributed by atoms with Crippen molar-refractivity contribution in [2.75, 3.05) is 31.1 Å². The third-order valence-corrected chi connectivity index (χ3v) is 6.00. The Balaban J connectivity index is 1.78. The van der Waals surface area contributed by atoms with Gasteiger partial charge in [-0.1, -0.05) is 18.1 Å². The van der Waals surface area contributed by atoms with Gasteiger partial charge in [-0.25, -0.2) is 8.42 Å². The number of carbonyl (C=O) groups excluding carboxylic acids is 1. The number of hydrogen-bond acceptors (Lipinski definition) is 5. The van der Waals surface area contributed by atoms with Crippen LogP contribution in [-0.2, 0) is 21.1 Å². The molecule has 6 nitrogen and oxygen atoms in total. The number of carbonyl (C=O) groups is 1. The molecule has 0 spiro atoms. The second-order valence-electron chi connectivity index (χ2n) is 6.29. The Hall–Kier alpha value is -2.18. The van der Waals surface area contributed by atoms with Crippen molar-refractivity contribution in [3.63, 3.8) is 0 Å². The van der Waals surface area contributed by atoms with E-state index in [1.165, 1.54) is 12.1 Å². The average molecular weight is 400 g/mol. The molecule has 0 radical (unpaired) electrons. The Kier molecular flexibility index (Phi) is 7.56. The molecule has 27 heavy (non-hydrogen) atoms. The Morgan fingerprint density at radius 2 is 2.07 bits per heavy atom. The highest BCUT2D eigenvalue weighted by Crippen LogP contribution is 2.17. The predicted octanol–water partition coefficient (Wildman–Crippen LogP) is 1.07. The van der Waals surface area contributed by atoms with Gasteiger partial charge in [0.2, 0.25) is 5.91 Å². The molecule has 1 aliphatic heterocycles. The number of benzene rings is 1. The Morgan fingerprint density at radius 1 is 1.37 bits per heavy atom. The zero-order valence-electron chi connectivity index (χ0n) is 14.7. The molecule has 0 bridgehead atoms. The first-order valence-corrected chi connectivity index (χ1v) is 10.3. The molecule has 1 saturated heterocycles. The van der Waals surface area contributed by atoms with E-state index in [1.54, 1.807) is 17.0 Å². The fourth-order valence-electron chi connectivity index (χ4n) is 2.92. The lowest BCUT2D eigenvalue weighted by molar-refractivity contribution is -0.122. The maximum atomic E-state index is 12.1. The van der Waals surface area contributed by atoms with Gasteiger partial charge >= 0.3 is 6.61 Å². The number of amides is 1. The summed E-state index contributed by atoms with van der Waals surface area (Å²) < 4.78 is 51.7. The van der Waals surface area contributed by atoms with E-state index in [9.17, 15) is 22.0 Å². The normalized spacial score (nSPS) is 18.4. The van der Waals surface area contributed by atoms with E-state index in [4.69, 9.17) is 6.42 Å². The van der Waals surface area contributed by atoms with Gasteiger partial charge in [-0.05, 0) is 30.5 Å². The molecule has 0 aromatic heterocycles. The van der Waals surface area contributed by atoms with Gasteiger partial charge in [0.25, 0.3) is 0 Å². The van der Waals surface area contributed by atoms with Crippen LogP contribution in [0.4, 0.5) is 8.78 Å². The van der Waals surface area contributed by atoms with Gasteiger partial charge in [-0.15, -0.1) is 6.42 Å². The van der Waals surface area contributed by atoms with Crippen LogP contribution >= 0.6 is 0 Å². The standard InChI is InChI=1S/C18H22F2N2O4S/c1-2-10-22(15-8-11-27(24,25)13-15)12-17(23)21-9-7-14-3-5-16(6-4-14)26-18(19)20/h1,3-6,15,18H,7-13H2,(H,21,23). The molecule has 1 aromatic rings. The molecule has 0 saturated carbocycles. The van der Waals surface area contributed by atoms with E-state index in [-0.39, 0.29) is 42.3 Å². The maximum Gasteiger partial charge on any atom is 0.387 e. The zero-order chi connectivity index (χ0) is 19.9. The number of nitrogens with one attached hydrogen (secondary N) is 1. The summed E-state index contributed by atoms with van der Waals surface area (Å²) >= 11 is 0. The molecule has 1 fully saturated rings. The number of alkyl halides is 2. The van der Waals surface area contributed by atoms with Gasteiger partial charge in [-0.3, -0.25) is 9.69 Å². The number of sulfone groups is 1. The second-order valence-corrected chi connectivity index (χ2v) is 8.52. The molecule has 1 N–H and O–H groups in total. The highest BCUT2D eigenvalue weighted by Gasteiger charge is 2.32. The van der Waals surface area contributed by atoms with Crippen molar-refractivity contribution in [2.45, 2.75) is 25.5 Å². The van der Waals surface area contributed by atoms with Crippen molar-refractivity contribution in [3.8, 4) is 18.1 Å². The molecule has 1 amide bonds. The number of terminal acetylenes is 1. The van der Waals surface area contributed by atoms with Gasteiger partial charge in [0.1, 0.15) is 5.75 Å². The molecule has 0 aliphatic carbocycles. The van der Waals surface area contributed by atoms with E-state index >= 15 is 0 Å². The summed E-state index contributed by atoms with van der Waals surface area (Å²) in [4.78, 5) is 13.8. The topological polar surface area (TPSA) is 75.7 Å². The number of nitrogens with zero attached hydrogens (tertiary/aromatic N) is 1. The molecule has 1 atom stereocenters. The fraction of sp³-hybridized carbons (Fsp3) is 0.500. The van der Waals surface area contributed by atoms with Crippen LogP contribution in [0.1, 0.15) is 12.0 Å². The quantitative estimate of drug-likeness (QED) is 0.628. The van der Waals surface area contributed by atoms with Crippen LogP contribution in [0.2, 0.25) is 0 Å². The smallest absolute Gasteiger partial charge is 0.387 e. The third kappa shape index (κ3) is 7.15. The molecule has 9 heteroatoms. The lowest BCUT2D eigenvalue weighted by atomic mass is 10.1. The Labute approximate surface area is 157 Å². The zero-order valence-corrected chi connectivity index (χ0v) is 15.6. The van der Waals surface area contributed by atoms with Crippen LogP contribution in [0, 0.1) is 12.3 Å². The number of rotatable bonds is 9. The third-order valence-electron chi connectivity index (χ3n) is 4.25. The van der Waals surface area contributed by atoms with Gasteiger partial charge in [0.15, 0.2) is 9.84 Å². The average Bonchev–Trinajstić information content (AvgIpc) is 2.95. The molecule has 1 heterocycles. The molecule has 1 unspecified atom stereocenters. The minimum absolute atomic E-state index is 0.0228. The number of ether oxygens (including phenoxy) is 1. The van der Waals surface area contributed by atoms with Crippen LogP contribution in [0.3, 0.4) is 0 Å². The van der Waals surface area contributed by atoms with Gasteiger partial charge in [-0.2, -0.15) is 8.78 Å². The minimum Gasteiger partial charge on any atom is -0.435 e. The lowest BCUT2D eigenvalue weighted by Gasteiger charge is -2.25. The Bertz CT molecular complexity index is 776. The molecule has 1 aliphatic rings. The molecule has 148 valence electrons. The molecule has 2 rings (SSSR count). The maximum absolute atomic E-state index is 12.1. The van der Waals surface area contributed by atoms with Crippen molar-refractivity contribution in [1.29, 1.82) is 0 Å². The first-order valence-electron chi connectivity index (χ1n) is 8.47. The lowest BCUT2D eigenvalue weighted by Crippen LogP contribution is -2.44. The summed E-state index contributed by atoms with van der Waals surface area (Å²) in [5, 5.41) is 2.76. The van der Waals surface area contributed by atoms with Crippen molar-refractivity contribution >= 4 is 15.7 Å². The molecular formula is C18H22F2N2O4S. The van der Waals surface area contributed by atoms with Gasteiger partial charge < -0.3 is 10.1 Å². The molecule has 1 aromatic carbocycles. The fourth-order valence-corrected chi connectivity index (χ4v) is 4.68. The summed E-state index contributed by atoms with van der Waals surface area (Å²) in [6, 6.07) is 5.95. The van der Waals surface area contributed by atoms with E-state index in [0.717, 1.165) is 5.56 Å². The summed E-state index contributed by atoms with van der Waals surface area (Å²) in [5.41, 5.74) is 0.860. The van der Waals surface area contributed by atoms with E-state index in [0.29, 0.717) is 19.4 Å². The minimum atomic E-state index is -3.06. The first kappa shape index (κ1) is 21.1. The molecular weight excluding hydrogens is 378 g/mol. The number of halogens is 2. The van der Waals surface area contributed by atoms with E-state index < -0.39 is 16.4 Å². The largest absolute Gasteiger partial charge is 0.435 e. The van der Waals surface area contributed by atoms with Crippen molar-refractivity contribution in [1.82, 2.24) is 10.2 Å². The van der Waals surface area contributed by atoms with Crippen LogP contribution in [0.15, 0.2) is 24.3 Å². The summed E-state index contributed by atoms with van der Waals surface area (Å²) in [6.07, 6.45) is 6.33. The van der Waals surface area contributed by atoms with Crippen LogP contribution in [0.5, 0.6) is 5.75 Å². The SMILES string of the molecule is C#CCN(CC(=O)NCCc1ccc(OC(F)F)cc1)C1CCS(=O)(=O)C1. The Morgan fingerprint density at radius 3 is 2.63 bits per heavy atom. The highest BCUT2D eigenvalue weighted by molar-refractivity contribution is 7.91. The van der Waals surface area contributed by atoms with Crippen LogP contribution in [0.25, 0.3) is 0 Å². The van der Waals surface area contributed by atoms with Crippen molar-refractivity contribution in [2.24, 2.45) is 0 Å². The monoisotopic (exact) mass is 400 g/mol. The van der Waals surface area contributed by atoms with Crippen molar-refractivity contribution in [3.05, 3.63) is 29.8 Å². The summed E-state index contributed by atoms with van der Waals surface area (Å²) in [5.74, 6) is 2.44. The van der Waals surface area contributed by atoms with Gasteiger partial charge in [0, 0.05) is 12.6 Å². The second kappa shape index (κ2) is 9.67. The number of hydrogen-bond donors (Lipinski definition) is 1. The highest BCUT2D eigenvalue weighted by atomic mass is 32.2. The summed E-state index contributed by atoms with van der Waals surface area (Å²) in [7, 11) is -3.06. The van der Waals surface area contributed by atoms with Gasteiger partial charge in [0.05, 0.1) is 24.6 Å². The van der Waals surface area contributed by atoms with E-state index in [1.807, 2.05) is 0 Å². The predicted molar refractivity (Wildman–Crippen MR) is 97.3 cm³/mol. The summed E-state index contributed by atoms with van der Waals surface area (Å²) in [6.45, 7) is -2.26. The van der Waals surface area contributed by atoms with Crippen LogP contribution < -0.4 is 10.1 Å². The first-order chi connectivity index (χ1) is 12.8. The van der Waals surface area contributed by atoms with Crippen molar-refractivity contribution < 1.29 is 26.7 Å².